The van der Waals surface area contributed by atoms with E-state index in [4.69, 9.17) is 5.11 Å². The van der Waals surface area contributed by atoms with Crippen molar-refractivity contribution in [2.24, 2.45) is 11.8 Å². The molecule has 3 heterocycles. The maximum absolute atomic E-state index is 11.9. The van der Waals surface area contributed by atoms with E-state index in [2.05, 4.69) is 9.97 Å². The van der Waals surface area contributed by atoms with Crippen molar-refractivity contribution in [2.45, 2.75) is 13.5 Å². The Labute approximate surface area is 119 Å². The molecule has 0 bridgehead atoms. The monoisotopic (exact) mass is 293 g/mol. The van der Waals surface area contributed by atoms with Crippen molar-refractivity contribution in [3.63, 3.8) is 0 Å². The minimum absolute atomic E-state index is 0.115. The van der Waals surface area contributed by atoms with Crippen LogP contribution >= 0.6 is 11.3 Å². The summed E-state index contributed by atoms with van der Waals surface area (Å²) in [5.74, 6) is -0.385. The molecule has 2 aromatic heterocycles. The van der Waals surface area contributed by atoms with Crippen molar-refractivity contribution in [1.29, 1.82) is 0 Å². The Bertz CT molecular complexity index is 708. The molecule has 1 aliphatic heterocycles. The van der Waals surface area contributed by atoms with E-state index in [1.807, 2.05) is 23.3 Å². The molecule has 1 aliphatic rings. The van der Waals surface area contributed by atoms with E-state index in [9.17, 15) is 9.59 Å². The summed E-state index contributed by atoms with van der Waals surface area (Å²) in [6.45, 7) is 3.64. The van der Waals surface area contributed by atoms with Crippen LogP contribution in [0.5, 0.6) is 0 Å². The molecule has 106 valence electrons. The first-order valence-corrected chi connectivity index (χ1v) is 7.34. The van der Waals surface area contributed by atoms with Gasteiger partial charge >= 0.3 is 5.97 Å². The number of nitrogens with one attached hydrogen (secondary N) is 1. The Morgan fingerprint density at radius 3 is 3.10 bits per heavy atom. The average Bonchev–Trinajstić information content (AvgIpc) is 2.96. The molecule has 0 aliphatic carbocycles. The van der Waals surface area contributed by atoms with Crippen LogP contribution in [0.4, 0.5) is 0 Å². The molecule has 0 saturated carbocycles. The third-order valence-electron chi connectivity index (χ3n) is 3.74. The maximum atomic E-state index is 11.9. The molecule has 2 unspecified atom stereocenters. The summed E-state index contributed by atoms with van der Waals surface area (Å²) in [5.41, 5.74) is 0.581. The summed E-state index contributed by atoms with van der Waals surface area (Å²) >= 11 is 1.37. The quantitative estimate of drug-likeness (QED) is 0.886. The number of aliphatic carboxylic acids is 1. The van der Waals surface area contributed by atoms with Crippen LogP contribution in [0.25, 0.3) is 10.2 Å². The van der Waals surface area contributed by atoms with Crippen LogP contribution < -0.4 is 5.56 Å². The SMILES string of the molecule is CC1CN(Cc2nc3ccsc3c(=O)[nH]2)CC1C(=O)O. The third kappa shape index (κ3) is 2.34. The van der Waals surface area contributed by atoms with Gasteiger partial charge in [-0.1, -0.05) is 6.92 Å². The van der Waals surface area contributed by atoms with Gasteiger partial charge in [-0.05, 0) is 17.4 Å². The van der Waals surface area contributed by atoms with E-state index in [1.54, 1.807) is 0 Å². The molecule has 6 nitrogen and oxygen atoms in total. The summed E-state index contributed by atoms with van der Waals surface area (Å²) in [5, 5.41) is 11.0. The number of hydrogen-bond donors (Lipinski definition) is 2. The van der Waals surface area contributed by atoms with Crippen LogP contribution in [0.1, 0.15) is 12.7 Å². The number of nitrogens with zero attached hydrogens (tertiary/aromatic N) is 2. The fraction of sp³-hybridized carbons (Fsp3) is 0.462. The van der Waals surface area contributed by atoms with Gasteiger partial charge in [-0.2, -0.15) is 0 Å². The topological polar surface area (TPSA) is 86.3 Å². The van der Waals surface area contributed by atoms with Gasteiger partial charge in [0.05, 0.1) is 18.0 Å². The lowest BCUT2D eigenvalue weighted by molar-refractivity contribution is -0.142. The standard InChI is InChI=1S/C13H15N3O3S/c1-7-4-16(5-8(7)13(18)19)6-10-14-9-2-3-20-11(9)12(17)15-10/h2-3,7-8H,4-6H2,1H3,(H,18,19)(H,14,15,17). The van der Waals surface area contributed by atoms with Crippen LogP contribution in [-0.2, 0) is 11.3 Å². The molecular formula is C13H15N3O3S. The van der Waals surface area contributed by atoms with Crippen LogP contribution in [0, 0.1) is 11.8 Å². The first-order valence-electron chi connectivity index (χ1n) is 6.46. The zero-order valence-electron chi connectivity index (χ0n) is 11.0. The number of fused-ring (bicyclic) bond motifs is 1. The lowest BCUT2D eigenvalue weighted by Gasteiger charge is -2.14. The molecule has 0 aromatic carbocycles. The number of rotatable bonds is 3. The number of carbonyl (C=O) groups is 1. The molecule has 0 radical (unpaired) electrons. The fourth-order valence-electron chi connectivity index (χ4n) is 2.73. The minimum atomic E-state index is -0.755. The Morgan fingerprint density at radius 2 is 2.40 bits per heavy atom. The molecule has 2 aromatic rings. The maximum Gasteiger partial charge on any atom is 0.308 e. The predicted octanol–water partition coefficient (Wildman–Crippen LogP) is 1.14. The second-order valence-corrected chi connectivity index (χ2v) is 6.18. The number of hydrogen-bond acceptors (Lipinski definition) is 5. The summed E-state index contributed by atoms with van der Waals surface area (Å²) in [6.07, 6.45) is 0. The molecule has 1 fully saturated rings. The highest BCUT2D eigenvalue weighted by Gasteiger charge is 2.34. The van der Waals surface area contributed by atoms with E-state index in [0.717, 1.165) is 0 Å². The number of thiophene rings is 1. The van der Waals surface area contributed by atoms with Gasteiger partial charge in [-0.15, -0.1) is 11.3 Å². The Kier molecular flexibility index (Phi) is 3.31. The lowest BCUT2D eigenvalue weighted by atomic mass is 9.99. The summed E-state index contributed by atoms with van der Waals surface area (Å²) in [7, 11) is 0. The molecule has 0 amide bonds. The number of aromatic nitrogens is 2. The predicted molar refractivity (Wildman–Crippen MR) is 75.8 cm³/mol. The number of aromatic amines is 1. The largest absolute Gasteiger partial charge is 0.481 e. The molecule has 2 N–H and O–H groups in total. The first kappa shape index (κ1) is 13.3. The fourth-order valence-corrected chi connectivity index (χ4v) is 3.45. The van der Waals surface area contributed by atoms with Crippen LogP contribution in [0.3, 0.4) is 0 Å². The second-order valence-electron chi connectivity index (χ2n) is 5.26. The number of H-pyrrole nitrogens is 1. The van der Waals surface area contributed by atoms with E-state index >= 15 is 0 Å². The zero-order valence-corrected chi connectivity index (χ0v) is 11.8. The molecule has 0 spiro atoms. The molecule has 7 heteroatoms. The van der Waals surface area contributed by atoms with Gasteiger partial charge < -0.3 is 10.1 Å². The second kappa shape index (κ2) is 4.99. The van der Waals surface area contributed by atoms with Crippen LogP contribution in [0.15, 0.2) is 16.2 Å². The minimum Gasteiger partial charge on any atom is -0.481 e. The number of carboxylic acid groups (broad SMARTS) is 1. The van der Waals surface area contributed by atoms with E-state index < -0.39 is 5.97 Å². The normalized spacial score (nSPS) is 23.4. The Hall–Kier alpha value is -1.73. The van der Waals surface area contributed by atoms with Crippen molar-refractivity contribution < 1.29 is 9.90 Å². The van der Waals surface area contributed by atoms with Gasteiger partial charge in [0.15, 0.2) is 0 Å². The van der Waals surface area contributed by atoms with Crippen LogP contribution in [-0.4, -0.2) is 39.0 Å². The first-order chi connectivity index (χ1) is 9.54. The average molecular weight is 293 g/mol. The lowest BCUT2D eigenvalue weighted by Crippen LogP contribution is -2.25. The summed E-state index contributed by atoms with van der Waals surface area (Å²) in [6, 6.07) is 1.82. The molecule has 2 atom stereocenters. The summed E-state index contributed by atoms with van der Waals surface area (Å²) < 4.78 is 0.631. The van der Waals surface area contributed by atoms with Gasteiger partial charge in [0.25, 0.3) is 5.56 Å². The van der Waals surface area contributed by atoms with Crippen molar-refractivity contribution in [1.82, 2.24) is 14.9 Å². The smallest absolute Gasteiger partial charge is 0.308 e. The van der Waals surface area contributed by atoms with Crippen LogP contribution in [0.2, 0.25) is 0 Å². The zero-order chi connectivity index (χ0) is 14.3. The van der Waals surface area contributed by atoms with E-state index in [-0.39, 0.29) is 17.4 Å². The van der Waals surface area contributed by atoms with Gasteiger partial charge in [-0.25, -0.2) is 4.98 Å². The van der Waals surface area contributed by atoms with Crippen molar-refractivity contribution >= 4 is 27.5 Å². The molecule has 1 saturated heterocycles. The van der Waals surface area contributed by atoms with Gasteiger partial charge in [0.2, 0.25) is 0 Å². The van der Waals surface area contributed by atoms with Crippen molar-refractivity contribution in [3.8, 4) is 0 Å². The molecular weight excluding hydrogens is 278 g/mol. The highest BCUT2D eigenvalue weighted by atomic mass is 32.1. The molecule has 20 heavy (non-hydrogen) atoms. The Balaban J connectivity index is 1.80. The van der Waals surface area contributed by atoms with E-state index in [1.165, 1.54) is 11.3 Å². The van der Waals surface area contributed by atoms with Crippen molar-refractivity contribution in [3.05, 3.63) is 27.6 Å². The van der Waals surface area contributed by atoms with Gasteiger partial charge in [0, 0.05) is 13.1 Å². The number of carboxylic acids is 1. The Morgan fingerprint density at radius 1 is 1.60 bits per heavy atom. The summed E-state index contributed by atoms with van der Waals surface area (Å²) in [4.78, 5) is 32.2. The van der Waals surface area contributed by atoms with Crippen molar-refractivity contribution in [2.75, 3.05) is 13.1 Å². The third-order valence-corrected chi connectivity index (χ3v) is 4.64. The highest BCUT2D eigenvalue weighted by molar-refractivity contribution is 7.17. The number of likely N-dealkylation sites (tertiary alicyclic amines) is 1. The molecule has 3 rings (SSSR count). The van der Waals surface area contributed by atoms with E-state index in [0.29, 0.717) is 35.7 Å². The highest BCUT2D eigenvalue weighted by Crippen LogP contribution is 2.24. The van der Waals surface area contributed by atoms with Gasteiger partial charge in [0.1, 0.15) is 10.5 Å². The van der Waals surface area contributed by atoms with Gasteiger partial charge in [-0.3, -0.25) is 14.5 Å².